The van der Waals surface area contributed by atoms with Crippen LogP contribution in [0, 0.1) is 0 Å². The first-order valence-corrected chi connectivity index (χ1v) is 10.5. The minimum atomic E-state index is -0.000611. The molecule has 0 spiro atoms. The Balaban J connectivity index is 1.70. The molecule has 1 aliphatic rings. The maximum Gasteiger partial charge on any atom is 0.262 e. The fourth-order valence-corrected chi connectivity index (χ4v) is 4.81. The lowest BCUT2D eigenvalue weighted by molar-refractivity contribution is 0.171. The maximum atomic E-state index is 12.9. The number of rotatable bonds is 4. The van der Waals surface area contributed by atoms with E-state index in [1.54, 1.807) is 16.3 Å². The predicted molar refractivity (Wildman–Crippen MR) is 111 cm³/mol. The van der Waals surface area contributed by atoms with Gasteiger partial charge in [-0.2, -0.15) is 0 Å². The number of hydrogen-bond donors (Lipinski definition) is 0. The lowest BCUT2D eigenvalue weighted by Crippen LogP contribution is -2.25. The van der Waals surface area contributed by atoms with Crippen molar-refractivity contribution < 1.29 is 9.47 Å². The first kappa shape index (κ1) is 18.4. The summed E-state index contributed by atoms with van der Waals surface area (Å²) < 4.78 is 14.0. The van der Waals surface area contributed by atoms with Crippen molar-refractivity contribution in [1.29, 1.82) is 0 Å². The number of aromatic nitrogens is 2. The zero-order valence-corrected chi connectivity index (χ0v) is 17.5. The van der Waals surface area contributed by atoms with Crippen molar-refractivity contribution in [1.82, 2.24) is 9.55 Å². The monoisotopic (exact) mass is 446 g/mol. The third-order valence-electron chi connectivity index (χ3n) is 4.36. The number of hydrogen-bond acceptors (Lipinski definition) is 5. The minimum Gasteiger partial charge on any atom is -0.486 e. The molecule has 2 aromatic carbocycles. The zero-order valence-electron chi connectivity index (χ0n) is 15.1. The van der Waals surface area contributed by atoms with Crippen LogP contribution in [0.2, 0.25) is 0 Å². The van der Waals surface area contributed by atoms with Gasteiger partial charge in [0.15, 0.2) is 16.7 Å². The summed E-state index contributed by atoms with van der Waals surface area (Å²) in [6.45, 7) is 5.12. The summed E-state index contributed by atoms with van der Waals surface area (Å²) in [6, 6.07) is 11.4. The predicted octanol–water partition coefficient (Wildman–Crippen LogP) is 4.80. The van der Waals surface area contributed by atoms with E-state index in [-0.39, 0.29) is 11.6 Å². The van der Waals surface area contributed by atoms with Crippen molar-refractivity contribution >= 4 is 38.6 Å². The summed E-state index contributed by atoms with van der Waals surface area (Å²) in [4.78, 5) is 17.7. The second-order valence-corrected chi connectivity index (χ2v) is 8.35. The number of thioether (sulfide) groups is 1. The average Bonchev–Trinajstić information content (AvgIpc) is 2.66. The molecular weight excluding hydrogens is 428 g/mol. The van der Waals surface area contributed by atoms with Gasteiger partial charge in [-0.05, 0) is 43.7 Å². The SMILES string of the molecule is CC(C)n1c(SCc2cc3c(cc2Br)OCCO3)nc2ccccc2c1=O. The second-order valence-electron chi connectivity index (χ2n) is 6.56. The summed E-state index contributed by atoms with van der Waals surface area (Å²) in [6.07, 6.45) is 0. The van der Waals surface area contributed by atoms with Crippen LogP contribution in [-0.4, -0.2) is 22.8 Å². The number of fused-ring (bicyclic) bond motifs is 2. The molecule has 0 N–H and O–H groups in total. The first-order valence-electron chi connectivity index (χ1n) is 8.76. The third-order valence-corrected chi connectivity index (χ3v) is 6.10. The summed E-state index contributed by atoms with van der Waals surface area (Å²) >= 11 is 5.16. The van der Waals surface area contributed by atoms with E-state index in [1.807, 2.05) is 50.2 Å². The van der Waals surface area contributed by atoms with Crippen LogP contribution in [0.15, 0.2) is 50.8 Å². The van der Waals surface area contributed by atoms with E-state index in [1.165, 1.54) is 0 Å². The fraction of sp³-hybridized carbons (Fsp3) is 0.300. The van der Waals surface area contributed by atoms with Crippen molar-refractivity contribution in [3.63, 3.8) is 0 Å². The van der Waals surface area contributed by atoms with Crippen LogP contribution in [0.1, 0.15) is 25.5 Å². The van der Waals surface area contributed by atoms with Crippen LogP contribution in [0.3, 0.4) is 0 Å². The van der Waals surface area contributed by atoms with Crippen molar-refractivity contribution in [2.45, 2.75) is 30.8 Å². The quantitative estimate of drug-likeness (QED) is 0.425. The smallest absolute Gasteiger partial charge is 0.262 e. The maximum absolute atomic E-state index is 12.9. The largest absolute Gasteiger partial charge is 0.486 e. The molecule has 0 unspecified atom stereocenters. The Morgan fingerprint density at radius 1 is 1.19 bits per heavy atom. The van der Waals surface area contributed by atoms with Gasteiger partial charge < -0.3 is 9.47 Å². The van der Waals surface area contributed by atoms with E-state index in [2.05, 4.69) is 15.9 Å². The molecule has 4 rings (SSSR count). The fourth-order valence-electron chi connectivity index (χ4n) is 3.04. The van der Waals surface area contributed by atoms with Gasteiger partial charge in [-0.25, -0.2) is 4.98 Å². The van der Waals surface area contributed by atoms with Gasteiger partial charge in [0.2, 0.25) is 0 Å². The van der Waals surface area contributed by atoms with Crippen LogP contribution in [-0.2, 0) is 5.75 Å². The molecule has 0 radical (unpaired) electrons. The summed E-state index contributed by atoms with van der Waals surface area (Å²) in [5.41, 5.74) is 1.80. The van der Waals surface area contributed by atoms with Gasteiger partial charge in [-0.15, -0.1) is 0 Å². The topological polar surface area (TPSA) is 53.4 Å². The molecule has 140 valence electrons. The Kier molecular flexibility index (Phi) is 5.14. The summed E-state index contributed by atoms with van der Waals surface area (Å²) in [7, 11) is 0. The lowest BCUT2D eigenvalue weighted by atomic mass is 10.2. The van der Waals surface area contributed by atoms with Gasteiger partial charge in [0, 0.05) is 16.3 Å². The molecule has 1 aromatic heterocycles. The molecule has 5 nitrogen and oxygen atoms in total. The van der Waals surface area contributed by atoms with Gasteiger partial charge in [0.1, 0.15) is 13.2 Å². The number of nitrogens with zero attached hydrogens (tertiary/aromatic N) is 2. The van der Waals surface area contributed by atoms with Crippen molar-refractivity contribution in [3.8, 4) is 11.5 Å². The molecule has 0 fully saturated rings. The highest BCUT2D eigenvalue weighted by Gasteiger charge is 2.17. The van der Waals surface area contributed by atoms with Crippen LogP contribution < -0.4 is 15.0 Å². The van der Waals surface area contributed by atoms with Gasteiger partial charge >= 0.3 is 0 Å². The van der Waals surface area contributed by atoms with Gasteiger partial charge in [-0.1, -0.05) is 39.8 Å². The highest BCUT2D eigenvalue weighted by molar-refractivity contribution is 9.10. The van der Waals surface area contributed by atoms with E-state index >= 15 is 0 Å². The van der Waals surface area contributed by atoms with Crippen LogP contribution in [0.25, 0.3) is 10.9 Å². The molecule has 0 saturated heterocycles. The molecule has 0 bridgehead atoms. The van der Waals surface area contributed by atoms with Crippen LogP contribution >= 0.6 is 27.7 Å². The van der Waals surface area contributed by atoms with E-state index < -0.39 is 0 Å². The Morgan fingerprint density at radius 3 is 2.63 bits per heavy atom. The number of ether oxygens (including phenoxy) is 2. The van der Waals surface area contributed by atoms with E-state index in [0.29, 0.717) is 24.4 Å². The minimum absolute atomic E-state index is 0.000611. The second kappa shape index (κ2) is 7.56. The molecule has 7 heteroatoms. The Labute approximate surface area is 169 Å². The summed E-state index contributed by atoms with van der Waals surface area (Å²) in [5, 5.41) is 1.37. The van der Waals surface area contributed by atoms with Crippen molar-refractivity contribution in [2.75, 3.05) is 13.2 Å². The molecule has 0 aliphatic carbocycles. The molecule has 0 amide bonds. The van der Waals surface area contributed by atoms with Gasteiger partial charge in [-0.3, -0.25) is 9.36 Å². The summed E-state index contributed by atoms with van der Waals surface area (Å²) in [5.74, 6) is 2.17. The molecule has 1 aliphatic heterocycles. The number of benzene rings is 2. The standard InChI is InChI=1S/C20H19BrN2O3S/c1-12(2)23-19(24)14-5-3-4-6-16(14)22-20(23)27-11-13-9-17-18(10-15(13)21)26-8-7-25-17/h3-6,9-10,12H,7-8,11H2,1-2H3. The molecule has 2 heterocycles. The molecule has 27 heavy (non-hydrogen) atoms. The van der Waals surface area contributed by atoms with Crippen molar-refractivity contribution in [2.24, 2.45) is 0 Å². The number of halogens is 1. The van der Waals surface area contributed by atoms with Crippen LogP contribution in [0.4, 0.5) is 0 Å². The highest BCUT2D eigenvalue weighted by Crippen LogP contribution is 2.37. The normalized spacial score (nSPS) is 13.3. The van der Waals surface area contributed by atoms with Gasteiger partial charge in [0.25, 0.3) is 5.56 Å². The van der Waals surface area contributed by atoms with E-state index in [9.17, 15) is 4.79 Å². The molecular formula is C20H19BrN2O3S. The molecule has 0 atom stereocenters. The average molecular weight is 447 g/mol. The molecule has 0 saturated carbocycles. The van der Waals surface area contributed by atoms with E-state index in [4.69, 9.17) is 14.5 Å². The van der Waals surface area contributed by atoms with Crippen molar-refractivity contribution in [3.05, 3.63) is 56.8 Å². The Bertz CT molecular complexity index is 1070. The van der Waals surface area contributed by atoms with E-state index in [0.717, 1.165) is 32.2 Å². The third kappa shape index (κ3) is 3.58. The lowest BCUT2D eigenvalue weighted by Gasteiger charge is -2.20. The Hall–Kier alpha value is -1.99. The highest BCUT2D eigenvalue weighted by atomic mass is 79.9. The molecule has 3 aromatic rings. The Morgan fingerprint density at radius 2 is 1.89 bits per heavy atom. The first-order chi connectivity index (χ1) is 13.0. The zero-order chi connectivity index (χ0) is 19.0. The van der Waals surface area contributed by atoms with Gasteiger partial charge in [0.05, 0.1) is 10.9 Å². The number of para-hydroxylation sites is 1. The van der Waals surface area contributed by atoms with Crippen LogP contribution in [0.5, 0.6) is 11.5 Å².